The van der Waals surface area contributed by atoms with Gasteiger partial charge in [0.25, 0.3) is 0 Å². The van der Waals surface area contributed by atoms with Crippen molar-refractivity contribution in [3.05, 3.63) is 182 Å². The molecule has 0 amide bonds. The van der Waals surface area contributed by atoms with Crippen molar-refractivity contribution in [2.75, 3.05) is 0 Å². The van der Waals surface area contributed by atoms with Gasteiger partial charge in [-0.3, -0.25) is 4.98 Å². The number of hydrogen-bond donors (Lipinski definition) is 0. The summed E-state index contributed by atoms with van der Waals surface area (Å²) in [4.78, 5) is 9.93. The second-order valence-electron chi connectivity index (χ2n) is 12.7. The predicted molar refractivity (Wildman–Crippen MR) is 207 cm³/mol. The van der Waals surface area contributed by atoms with Gasteiger partial charge in [-0.1, -0.05) is 109 Å². The Hall–Kier alpha value is -6.78. The molecule has 6 aromatic carbocycles. The largest absolute Gasteiger partial charge is 0.309 e. The molecule has 4 nitrogen and oxygen atoms in total. The standard InChI is InChI=1S/C46H30N4/c1-4-13-31(14-5-1)40-29-36(30-41(48-40)32-15-6-2-7-16-32)50-42-20-11-10-19-37(42)39-27-33(23-25-43(39)50)34-22-24-38-45(28-34)49(35-17-8-3-9-18-35)44-21-12-26-47-46(38)44/h1-30H. The van der Waals surface area contributed by atoms with E-state index in [0.29, 0.717) is 0 Å². The molecule has 0 aliphatic carbocycles. The van der Waals surface area contributed by atoms with E-state index in [-0.39, 0.29) is 0 Å². The van der Waals surface area contributed by atoms with E-state index in [1.165, 1.54) is 16.3 Å². The van der Waals surface area contributed by atoms with E-state index in [1.54, 1.807) is 0 Å². The second-order valence-corrected chi connectivity index (χ2v) is 12.7. The predicted octanol–water partition coefficient (Wildman–Crippen LogP) is 11.7. The maximum Gasteiger partial charge on any atom is 0.0963 e. The summed E-state index contributed by atoms with van der Waals surface area (Å²) in [5, 5.41) is 3.57. The average molecular weight is 639 g/mol. The van der Waals surface area contributed by atoms with Gasteiger partial charge in [-0.25, -0.2) is 4.98 Å². The highest BCUT2D eigenvalue weighted by Crippen LogP contribution is 2.38. The van der Waals surface area contributed by atoms with Crippen molar-refractivity contribution in [2.24, 2.45) is 0 Å². The first-order valence-electron chi connectivity index (χ1n) is 16.9. The molecular formula is C46H30N4. The van der Waals surface area contributed by atoms with E-state index in [4.69, 9.17) is 9.97 Å². The number of aromatic nitrogens is 4. The van der Waals surface area contributed by atoms with Crippen LogP contribution in [0.25, 0.3) is 88.8 Å². The highest BCUT2D eigenvalue weighted by molar-refractivity contribution is 6.11. The number of para-hydroxylation sites is 2. The molecule has 0 aliphatic rings. The first-order chi connectivity index (χ1) is 24.8. The van der Waals surface area contributed by atoms with Crippen LogP contribution in [-0.2, 0) is 0 Å². The summed E-state index contributed by atoms with van der Waals surface area (Å²) in [6.45, 7) is 0. The lowest BCUT2D eigenvalue weighted by molar-refractivity contribution is 1.16. The lowest BCUT2D eigenvalue weighted by Gasteiger charge is -2.13. The van der Waals surface area contributed by atoms with Crippen LogP contribution in [-0.4, -0.2) is 19.1 Å². The van der Waals surface area contributed by atoms with Crippen molar-refractivity contribution in [1.29, 1.82) is 0 Å². The van der Waals surface area contributed by atoms with Gasteiger partial charge in [0.05, 0.1) is 44.7 Å². The SMILES string of the molecule is c1ccc(-c2cc(-n3c4ccccc4c4cc(-c5ccc6c7ncccc7n(-c7ccccc7)c6c5)ccc43)cc(-c3ccccc3)n2)cc1. The van der Waals surface area contributed by atoms with Crippen molar-refractivity contribution in [3.63, 3.8) is 0 Å². The molecule has 0 spiro atoms. The Bertz CT molecular complexity index is 2790. The van der Waals surface area contributed by atoms with Gasteiger partial charge in [-0.05, 0) is 77.9 Å². The fourth-order valence-electron chi connectivity index (χ4n) is 7.46. The molecule has 0 unspecified atom stereocenters. The monoisotopic (exact) mass is 638 g/mol. The van der Waals surface area contributed by atoms with Gasteiger partial charge in [0.1, 0.15) is 0 Å². The first-order valence-corrected chi connectivity index (χ1v) is 16.9. The number of benzene rings is 6. The zero-order valence-corrected chi connectivity index (χ0v) is 27.1. The molecule has 0 aliphatic heterocycles. The van der Waals surface area contributed by atoms with Gasteiger partial charge in [0.2, 0.25) is 0 Å². The summed E-state index contributed by atoms with van der Waals surface area (Å²) >= 11 is 0. The smallest absolute Gasteiger partial charge is 0.0963 e. The second kappa shape index (κ2) is 11.4. The molecule has 0 saturated carbocycles. The van der Waals surface area contributed by atoms with E-state index >= 15 is 0 Å². The molecule has 0 N–H and O–H groups in total. The van der Waals surface area contributed by atoms with Crippen LogP contribution in [0, 0.1) is 0 Å². The van der Waals surface area contributed by atoms with Gasteiger partial charge in [0.15, 0.2) is 0 Å². The first kappa shape index (κ1) is 28.3. The summed E-state index contributed by atoms with van der Waals surface area (Å²) in [6, 6.07) is 62.4. The fourth-order valence-corrected chi connectivity index (χ4v) is 7.46. The van der Waals surface area contributed by atoms with Crippen molar-refractivity contribution in [3.8, 4) is 45.0 Å². The van der Waals surface area contributed by atoms with Gasteiger partial charge < -0.3 is 9.13 Å². The zero-order valence-electron chi connectivity index (χ0n) is 27.1. The van der Waals surface area contributed by atoms with Crippen LogP contribution in [0.2, 0.25) is 0 Å². The van der Waals surface area contributed by atoms with Gasteiger partial charge in [-0.15, -0.1) is 0 Å². The molecule has 50 heavy (non-hydrogen) atoms. The lowest BCUT2D eigenvalue weighted by atomic mass is 10.0. The topological polar surface area (TPSA) is 35.6 Å². The summed E-state index contributed by atoms with van der Waals surface area (Å²) in [7, 11) is 0. The van der Waals surface area contributed by atoms with E-state index < -0.39 is 0 Å². The minimum absolute atomic E-state index is 0.945. The molecule has 4 aromatic heterocycles. The molecule has 0 radical (unpaired) electrons. The zero-order chi connectivity index (χ0) is 33.0. The molecule has 0 saturated heterocycles. The van der Waals surface area contributed by atoms with Crippen LogP contribution in [0.3, 0.4) is 0 Å². The van der Waals surface area contributed by atoms with Crippen LogP contribution < -0.4 is 0 Å². The van der Waals surface area contributed by atoms with Crippen molar-refractivity contribution in [1.82, 2.24) is 19.1 Å². The summed E-state index contributed by atoms with van der Waals surface area (Å²) in [6.07, 6.45) is 1.88. The molecular weight excluding hydrogens is 609 g/mol. The lowest BCUT2D eigenvalue weighted by Crippen LogP contribution is -1.98. The van der Waals surface area contributed by atoms with E-state index in [2.05, 4.69) is 167 Å². The number of pyridine rings is 2. The van der Waals surface area contributed by atoms with E-state index in [1.807, 2.05) is 24.4 Å². The Kier molecular flexibility index (Phi) is 6.46. The average Bonchev–Trinajstić information content (AvgIpc) is 3.71. The Labute approximate surface area is 289 Å². The molecule has 4 heterocycles. The maximum atomic E-state index is 5.15. The molecule has 4 heteroatoms. The Morgan fingerprint density at radius 1 is 0.340 bits per heavy atom. The van der Waals surface area contributed by atoms with Gasteiger partial charge in [-0.2, -0.15) is 0 Å². The highest BCUT2D eigenvalue weighted by atomic mass is 15.0. The van der Waals surface area contributed by atoms with Crippen molar-refractivity contribution >= 4 is 43.7 Å². The highest BCUT2D eigenvalue weighted by Gasteiger charge is 2.18. The molecule has 0 atom stereocenters. The van der Waals surface area contributed by atoms with Gasteiger partial charge in [0, 0.05) is 39.2 Å². The summed E-state index contributed by atoms with van der Waals surface area (Å²) < 4.78 is 4.71. The van der Waals surface area contributed by atoms with Crippen LogP contribution >= 0.6 is 0 Å². The number of fused-ring (bicyclic) bond motifs is 6. The van der Waals surface area contributed by atoms with Gasteiger partial charge >= 0.3 is 0 Å². The number of rotatable bonds is 5. The van der Waals surface area contributed by atoms with Crippen LogP contribution in [0.15, 0.2) is 182 Å². The minimum atomic E-state index is 0.945. The maximum absolute atomic E-state index is 5.15. The Balaban J connectivity index is 1.18. The fraction of sp³-hybridized carbons (Fsp3) is 0. The minimum Gasteiger partial charge on any atom is -0.309 e. The third-order valence-electron chi connectivity index (χ3n) is 9.75. The Morgan fingerprint density at radius 3 is 1.66 bits per heavy atom. The summed E-state index contributed by atoms with van der Waals surface area (Å²) in [5.41, 5.74) is 14.2. The van der Waals surface area contributed by atoms with Crippen molar-refractivity contribution < 1.29 is 0 Å². The molecule has 234 valence electrons. The quantitative estimate of drug-likeness (QED) is 0.188. The normalized spacial score (nSPS) is 11.6. The van der Waals surface area contributed by atoms with E-state index in [0.717, 1.165) is 72.4 Å². The molecule has 0 fully saturated rings. The van der Waals surface area contributed by atoms with Crippen LogP contribution in [0.4, 0.5) is 0 Å². The molecule has 10 rings (SSSR count). The van der Waals surface area contributed by atoms with Crippen LogP contribution in [0.1, 0.15) is 0 Å². The Morgan fingerprint density at radius 2 is 0.920 bits per heavy atom. The summed E-state index contributed by atoms with van der Waals surface area (Å²) in [5.74, 6) is 0. The van der Waals surface area contributed by atoms with E-state index in [9.17, 15) is 0 Å². The third kappa shape index (κ3) is 4.54. The number of hydrogen-bond acceptors (Lipinski definition) is 2. The molecule has 0 bridgehead atoms. The van der Waals surface area contributed by atoms with Crippen molar-refractivity contribution in [2.45, 2.75) is 0 Å². The third-order valence-corrected chi connectivity index (χ3v) is 9.75. The number of nitrogens with zero attached hydrogens (tertiary/aromatic N) is 4. The molecule has 10 aromatic rings. The van der Waals surface area contributed by atoms with Crippen LogP contribution in [0.5, 0.6) is 0 Å².